The van der Waals surface area contributed by atoms with Gasteiger partial charge >= 0.3 is 0 Å². The molecular weight excluding hydrogens is 466 g/mol. The number of benzene rings is 2. The number of aromatic nitrogens is 5. The molecule has 3 N–H and O–H groups in total. The summed E-state index contributed by atoms with van der Waals surface area (Å²) >= 11 is 0. The van der Waals surface area contributed by atoms with Crippen LogP contribution in [0.2, 0.25) is 0 Å². The number of carbonyl (C=O) groups is 1. The SMILES string of the molecule is Nc1ncnc2c1c(-c1ccc(Oc3ccccc3)cc1)cn2CCCC(=O)NCCCn1ccnc1. The van der Waals surface area contributed by atoms with Gasteiger partial charge in [-0.3, -0.25) is 4.79 Å². The summed E-state index contributed by atoms with van der Waals surface area (Å²) < 4.78 is 9.96. The zero-order valence-electron chi connectivity index (χ0n) is 20.5. The van der Waals surface area contributed by atoms with Crippen molar-refractivity contribution in [3.05, 3.63) is 85.8 Å². The Balaban J connectivity index is 1.22. The molecule has 0 aliphatic carbocycles. The van der Waals surface area contributed by atoms with E-state index in [1.54, 1.807) is 12.5 Å². The lowest BCUT2D eigenvalue weighted by atomic mass is 10.1. The van der Waals surface area contributed by atoms with Crippen LogP contribution in [-0.4, -0.2) is 36.5 Å². The highest BCUT2D eigenvalue weighted by atomic mass is 16.5. The van der Waals surface area contributed by atoms with E-state index in [0.29, 0.717) is 31.7 Å². The van der Waals surface area contributed by atoms with Gasteiger partial charge in [0.2, 0.25) is 5.91 Å². The largest absolute Gasteiger partial charge is 0.457 e. The Morgan fingerprint density at radius 2 is 1.78 bits per heavy atom. The van der Waals surface area contributed by atoms with Crippen LogP contribution in [0.5, 0.6) is 11.5 Å². The summed E-state index contributed by atoms with van der Waals surface area (Å²) in [7, 11) is 0. The number of amides is 1. The van der Waals surface area contributed by atoms with Gasteiger partial charge in [-0.1, -0.05) is 30.3 Å². The van der Waals surface area contributed by atoms with Gasteiger partial charge in [0.1, 0.15) is 29.3 Å². The molecule has 0 radical (unpaired) electrons. The number of carbonyl (C=O) groups excluding carboxylic acids is 1. The average molecular weight is 496 g/mol. The Hall–Kier alpha value is -4.66. The molecule has 188 valence electrons. The van der Waals surface area contributed by atoms with E-state index in [1.807, 2.05) is 76.1 Å². The van der Waals surface area contributed by atoms with Gasteiger partial charge in [0.15, 0.2) is 0 Å². The van der Waals surface area contributed by atoms with Crippen LogP contribution in [0.1, 0.15) is 19.3 Å². The molecule has 0 aliphatic rings. The predicted octanol–water partition coefficient (Wildman–Crippen LogP) is 4.66. The maximum atomic E-state index is 12.3. The topological polar surface area (TPSA) is 113 Å². The fourth-order valence-electron chi connectivity index (χ4n) is 4.27. The third-order valence-corrected chi connectivity index (χ3v) is 6.10. The van der Waals surface area contributed by atoms with Gasteiger partial charge in [-0.15, -0.1) is 0 Å². The molecule has 2 aromatic carbocycles. The molecule has 5 rings (SSSR count). The second-order valence-corrected chi connectivity index (χ2v) is 8.74. The van der Waals surface area contributed by atoms with Crippen LogP contribution in [0.4, 0.5) is 5.82 Å². The zero-order valence-corrected chi connectivity index (χ0v) is 20.5. The molecule has 0 bridgehead atoms. The number of anilines is 1. The van der Waals surface area contributed by atoms with Gasteiger partial charge < -0.3 is 24.9 Å². The number of rotatable bonds is 11. The molecule has 37 heavy (non-hydrogen) atoms. The quantitative estimate of drug-likeness (QED) is 0.258. The minimum atomic E-state index is 0.0467. The van der Waals surface area contributed by atoms with E-state index >= 15 is 0 Å². The molecule has 9 nitrogen and oxygen atoms in total. The molecular formula is C28H29N7O2. The number of fused-ring (bicyclic) bond motifs is 1. The molecule has 1 amide bonds. The van der Waals surface area contributed by atoms with Crippen LogP contribution >= 0.6 is 0 Å². The maximum Gasteiger partial charge on any atom is 0.220 e. The molecule has 9 heteroatoms. The molecule has 5 aromatic rings. The van der Waals surface area contributed by atoms with Gasteiger partial charge in [-0.2, -0.15) is 0 Å². The van der Waals surface area contributed by atoms with Gasteiger partial charge in [0.05, 0.1) is 11.7 Å². The van der Waals surface area contributed by atoms with Crippen molar-refractivity contribution in [3.63, 3.8) is 0 Å². The highest BCUT2D eigenvalue weighted by Crippen LogP contribution is 2.34. The molecule has 3 heterocycles. The van der Waals surface area contributed by atoms with Crippen molar-refractivity contribution in [2.24, 2.45) is 0 Å². The first-order chi connectivity index (χ1) is 18.2. The predicted molar refractivity (Wildman–Crippen MR) is 143 cm³/mol. The molecule has 0 fully saturated rings. The monoisotopic (exact) mass is 495 g/mol. The minimum absolute atomic E-state index is 0.0467. The van der Waals surface area contributed by atoms with Crippen molar-refractivity contribution in [1.82, 2.24) is 29.4 Å². The molecule has 0 spiro atoms. The molecule has 0 saturated heterocycles. The van der Waals surface area contributed by atoms with E-state index in [1.165, 1.54) is 6.33 Å². The lowest BCUT2D eigenvalue weighted by Crippen LogP contribution is -2.25. The van der Waals surface area contributed by atoms with E-state index in [-0.39, 0.29) is 5.91 Å². The summed E-state index contributed by atoms with van der Waals surface area (Å²) in [5.74, 6) is 2.01. The van der Waals surface area contributed by atoms with Crippen LogP contribution in [0.15, 0.2) is 85.8 Å². The Kier molecular flexibility index (Phi) is 7.40. The highest BCUT2D eigenvalue weighted by Gasteiger charge is 2.15. The fourth-order valence-corrected chi connectivity index (χ4v) is 4.27. The number of nitrogen functional groups attached to an aromatic ring is 1. The van der Waals surface area contributed by atoms with Crippen LogP contribution < -0.4 is 15.8 Å². The van der Waals surface area contributed by atoms with Gasteiger partial charge in [0, 0.05) is 50.2 Å². The number of hydrogen-bond acceptors (Lipinski definition) is 6. The van der Waals surface area contributed by atoms with Crippen molar-refractivity contribution in [3.8, 4) is 22.6 Å². The third kappa shape index (κ3) is 5.95. The van der Waals surface area contributed by atoms with Crippen molar-refractivity contribution in [2.45, 2.75) is 32.4 Å². The van der Waals surface area contributed by atoms with Crippen molar-refractivity contribution in [1.29, 1.82) is 0 Å². The third-order valence-electron chi connectivity index (χ3n) is 6.10. The number of imidazole rings is 1. The zero-order chi connectivity index (χ0) is 25.5. The lowest BCUT2D eigenvalue weighted by molar-refractivity contribution is -0.121. The Labute approximate surface area is 215 Å². The highest BCUT2D eigenvalue weighted by molar-refractivity contribution is 6.00. The van der Waals surface area contributed by atoms with Crippen molar-refractivity contribution in [2.75, 3.05) is 12.3 Å². The second kappa shape index (κ2) is 11.4. The summed E-state index contributed by atoms with van der Waals surface area (Å²) in [6.07, 6.45) is 10.9. The summed E-state index contributed by atoms with van der Waals surface area (Å²) in [6, 6.07) is 17.5. The van der Waals surface area contributed by atoms with Gasteiger partial charge in [0.25, 0.3) is 0 Å². The molecule has 3 aromatic heterocycles. The molecule has 0 saturated carbocycles. The number of para-hydroxylation sites is 1. The Morgan fingerprint density at radius 1 is 0.973 bits per heavy atom. The van der Waals surface area contributed by atoms with E-state index in [2.05, 4.69) is 20.3 Å². The number of nitrogens with zero attached hydrogens (tertiary/aromatic N) is 5. The fraction of sp³-hybridized carbons (Fsp3) is 0.214. The van der Waals surface area contributed by atoms with Crippen molar-refractivity contribution >= 4 is 22.8 Å². The Morgan fingerprint density at radius 3 is 2.57 bits per heavy atom. The first-order valence-electron chi connectivity index (χ1n) is 12.3. The van der Waals surface area contributed by atoms with Gasteiger partial charge in [-0.25, -0.2) is 15.0 Å². The molecule has 0 aliphatic heterocycles. The normalized spacial score (nSPS) is 11.0. The number of nitrogens with one attached hydrogen (secondary N) is 1. The smallest absolute Gasteiger partial charge is 0.220 e. The summed E-state index contributed by atoms with van der Waals surface area (Å²) in [5.41, 5.74) is 8.95. The van der Waals surface area contributed by atoms with E-state index in [9.17, 15) is 4.79 Å². The average Bonchev–Trinajstić information content (AvgIpc) is 3.57. The number of hydrogen-bond donors (Lipinski definition) is 2. The maximum absolute atomic E-state index is 12.3. The summed E-state index contributed by atoms with van der Waals surface area (Å²) in [6.45, 7) is 2.12. The summed E-state index contributed by atoms with van der Waals surface area (Å²) in [4.78, 5) is 25.0. The van der Waals surface area contributed by atoms with Crippen LogP contribution in [-0.2, 0) is 17.9 Å². The van der Waals surface area contributed by atoms with Crippen LogP contribution in [0, 0.1) is 0 Å². The number of ether oxygens (including phenoxy) is 1. The van der Waals surface area contributed by atoms with E-state index in [0.717, 1.165) is 46.6 Å². The number of aryl methyl sites for hydroxylation is 2. The van der Waals surface area contributed by atoms with E-state index < -0.39 is 0 Å². The second-order valence-electron chi connectivity index (χ2n) is 8.74. The Bertz CT molecular complexity index is 1450. The standard InChI is InChI=1S/C28H29N7O2/c29-27-26-24(21-9-11-23(12-10-21)37-22-6-2-1-3-7-22)18-35(28(26)33-19-32-27)16-4-8-25(36)31-13-5-15-34-17-14-30-20-34/h1-3,6-7,9-12,14,17-20H,4-5,8,13,15-16H2,(H,31,36)(H2,29,32,33). The lowest BCUT2D eigenvalue weighted by Gasteiger charge is -2.07. The summed E-state index contributed by atoms with van der Waals surface area (Å²) in [5, 5.41) is 3.80. The van der Waals surface area contributed by atoms with E-state index in [4.69, 9.17) is 10.5 Å². The number of nitrogens with two attached hydrogens (primary N) is 1. The minimum Gasteiger partial charge on any atom is -0.457 e. The van der Waals surface area contributed by atoms with Crippen LogP contribution in [0.25, 0.3) is 22.2 Å². The molecule has 0 atom stereocenters. The van der Waals surface area contributed by atoms with Crippen LogP contribution in [0.3, 0.4) is 0 Å². The van der Waals surface area contributed by atoms with Crippen molar-refractivity contribution < 1.29 is 9.53 Å². The first kappa shape index (κ1) is 24.1. The van der Waals surface area contributed by atoms with Gasteiger partial charge in [-0.05, 0) is 42.7 Å². The molecule has 0 unspecified atom stereocenters. The first-order valence-corrected chi connectivity index (χ1v) is 12.3.